The van der Waals surface area contributed by atoms with E-state index in [2.05, 4.69) is 17.6 Å². The molecule has 0 radical (unpaired) electrons. The van der Waals surface area contributed by atoms with Crippen molar-refractivity contribution in [2.45, 2.75) is 97.1 Å². The van der Waals surface area contributed by atoms with Crippen molar-refractivity contribution in [1.82, 2.24) is 10.6 Å². The Hall–Kier alpha value is -2.77. The number of ether oxygens (including phenoxy) is 2. The molecule has 192 valence electrons. The van der Waals surface area contributed by atoms with Crippen LogP contribution in [-0.2, 0) is 20.7 Å². The van der Waals surface area contributed by atoms with Gasteiger partial charge >= 0.3 is 12.1 Å². The number of nitrogens with one attached hydrogen (secondary N) is 2. The lowest BCUT2D eigenvalue weighted by molar-refractivity contribution is -0.141. The highest BCUT2D eigenvalue weighted by Gasteiger charge is 2.20. The first-order valence-electron chi connectivity index (χ1n) is 12.3. The van der Waals surface area contributed by atoms with Gasteiger partial charge in [0.2, 0.25) is 5.91 Å². The molecule has 0 saturated carbocycles. The van der Waals surface area contributed by atoms with Crippen LogP contribution >= 0.6 is 0 Å². The summed E-state index contributed by atoms with van der Waals surface area (Å²) >= 11 is 0. The van der Waals surface area contributed by atoms with Gasteiger partial charge in [0.05, 0.1) is 6.61 Å². The van der Waals surface area contributed by atoms with Gasteiger partial charge in [0, 0.05) is 19.4 Å². The number of hydrogen-bond acceptors (Lipinski definition) is 5. The van der Waals surface area contributed by atoms with Gasteiger partial charge in [-0.15, -0.1) is 0 Å². The summed E-state index contributed by atoms with van der Waals surface area (Å²) < 4.78 is 10.9. The second-order valence-corrected chi connectivity index (χ2v) is 9.45. The van der Waals surface area contributed by atoms with E-state index in [0.29, 0.717) is 19.6 Å². The lowest BCUT2D eigenvalue weighted by Crippen LogP contribution is -2.42. The zero-order chi connectivity index (χ0) is 25.4. The van der Waals surface area contributed by atoms with E-state index in [1.165, 1.54) is 0 Å². The Bertz CT molecular complexity index is 743. The van der Waals surface area contributed by atoms with Gasteiger partial charge in [0.25, 0.3) is 0 Å². The third-order valence-corrected chi connectivity index (χ3v) is 5.01. The average molecular weight is 479 g/mol. The maximum atomic E-state index is 12.0. The summed E-state index contributed by atoms with van der Waals surface area (Å²) in [5.74, 6) is -0.530. The van der Waals surface area contributed by atoms with E-state index in [-0.39, 0.29) is 18.4 Å². The fourth-order valence-corrected chi connectivity index (χ4v) is 3.23. The third kappa shape index (κ3) is 14.4. The predicted octanol–water partition coefficient (Wildman–Crippen LogP) is 4.84. The molecule has 0 aliphatic heterocycles. The molecule has 1 aromatic rings. The highest BCUT2D eigenvalue weighted by molar-refractivity contribution is 5.83. The number of rotatable bonds is 16. The zero-order valence-electron chi connectivity index (χ0n) is 21.2. The molecule has 8 heteroatoms. The van der Waals surface area contributed by atoms with E-state index in [9.17, 15) is 19.5 Å². The van der Waals surface area contributed by atoms with Gasteiger partial charge < -0.3 is 25.2 Å². The van der Waals surface area contributed by atoms with E-state index in [1.54, 1.807) is 0 Å². The van der Waals surface area contributed by atoms with E-state index >= 15 is 0 Å². The maximum Gasteiger partial charge on any atom is 0.407 e. The molecule has 0 fully saturated rings. The number of benzene rings is 1. The lowest BCUT2D eigenvalue weighted by atomic mass is 10.1. The van der Waals surface area contributed by atoms with Crippen LogP contribution < -0.4 is 15.4 Å². The van der Waals surface area contributed by atoms with E-state index in [1.807, 2.05) is 45.0 Å². The zero-order valence-corrected chi connectivity index (χ0v) is 21.2. The minimum absolute atomic E-state index is 0.221. The number of aliphatic carboxylic acids is 1. The Morgan fingerprint density at radius 1 is 0.971 bits per heavy atom. The van der Waals surface area contributed by atoms with Crippen LogP contribution in [0.3, 0.4) is 0 Å². The van der Waals surface area contributed by atoms with Crippen molar-refractivity contribution < 1.29 is 29.0 Å². The van der Waals surface area contributed by atoms with E-state index in [0.717, 1.165) is 56.3 Å². The number of hydrogen-bond donors (Lipinski definition) is 3. The van der Waals surface area contributed by atoms with Gasteiger partial charge in [-0.2, -0.15) is 0 Å². The molecule has 0 aliphatic carbocycles. The quantitative estimate of drug-likeness (QED) is 0.293. The molecule has 8 nitrogen and oxygen atoms in total. The van der Waals surface area contributed by atoms with Crippen molar-refractivity contribution in [2.75, 3.05) is 13.2 Å². The summed E-state index contributed by atoms with van der Waals surface area (Å²) in [7, 11) is 0. The van der Waals surface area contributed by atoms with Crippen LogP contribution in [0, 0.1) is 0 Å². The van der Waals surface area contributed by atoms with Gasteiger partial charge in [-0.1, -0.05) is 44.7 Å². The highest BCUT2D eigenvalue weighted by Crippen LogP contribution is 2.15. The molecule has 0 saturated heterocycles. The standard InChI is InChI=1S/C26H42N2O6/c1-5-6-9-12-23(29)28-22(24(30)31)19-20-13-15-21(16-14-20)33-18-11-8-7-10-17-27-25(32)34-26(2,3)4/h13-16,22H,5-12,17-19H2,1-4H3,(H,27,32)(H,28,29)(H,30,31)/t22-/m0/s1. The number of alkyl carbamates (subject to hydrolysis) is 1. The van der Waals surface area contributed by atoms with Crippen molar-refractivity contribution in [1.29, 1.82) is 0 Å². The summed E-state index contributed by atoms with van der Waals surface area (Å²) in [6, 6.07) is 6.36. The average Bonchev–Trinajstić information content (AvgIpc) is 2.75. The number of carboxylic acid groups (broad SMARTS) is 1. The molecule has 3 N–H and O–H groups in total. The predicted molar refractivity (Wildman–Crippen MR) is 132 cm³/mol. The largest absolute Gasteiger partial charge is 0.494 e. The van der Waals surface area contributed by atoms with Crippen LogP contribution in [0.1, 0.15) is 84.6 Å². The second-order valence-electron chi connectivity index (χ2n) is 9.45. The summed E-state index contributed by atoms with van der Waals surface area (Å²) in [6.07, 6.45) is 6.69. The Kier molecular flexibility index (Phi) is 13.7. The summed E-state index contributed by atoms with van der Waals surface area (Å²) in [6.45, 7) is 8.74. The summed E-state index contributed by atoms with van der Waals surface area (Å²) in [5.41, 5.74) is 0.340. The van der Waals surface area contributed by atoms with Gasteiger partial charge in [-0.3, -0.25) is 4.79 Å². The number of carbonyl (C=O) groups is 3. The first-order valence-corrected chi connectivity index (χ1v) is 12.3. The molecule has 2 amide bonds. The van der Waals surface area contributed by atoms with Crippen molar-refractivity contribution in [3.8, 4) is 5.75 Å². The topological polar surface area (TPSA) is 114 Å². The molecular weight excluding hydrogens is 436 g/mol. The lowest BCUT2D eigenvalue weighted by Gasteiger charge is -2.19. The molecule has 0 spiro atoms. The summed E-state index contributed by atoms with van der Waals surface area (Å²) in [4.78, 5) is 35.1. The van der Waals surface area contributed by atoms with E-state index in [4.69, 9.17) is 9.47 Å². The molecular formula is C26H42N2O6. The van der Waals surface area contributed by atoms with Crippen LogP contribution in [0.2, 0.25) is 0 Å². The molecule has 0 heterocycles. The van der Waals surface area contributed by atoms with Crippen molar-refractivity contribution >= 4 is 18.0 Å². The minimum Gasteiger partial charge on any atom is -0.494 e. The van der Waals surface area contributed by atoms with Crippen LogP contribution in [-0.4, -0.2) is 47.9 Å². The van der Waals surface area contributed by atoms with Gasteiger partial charge in [-0.25, -0.2) is 9.59 Å². The van der Waals surface area contributed by atoms with Gasteiger partial charge in [0.1, 0.15) is 17.4 Å². The molecule has 1 rings (SSSR count). The Balaban J connectivity index is 2.24. The van der Waals surface area contributed by atoms with Crippen molar-refractivity contribution in [3.05, 3.63) is 29.8 Å². The fraction of sp³-hybridized carbons (Fsp3) is 0.654. The van der Waals surface area contributed by atoms with Crippen molar-refractivity contribution in [3.63, 3.8) is 0 Å². The normalized spacial score (nSPS) is 12.0. The van der Waals surface area contributed by atoms with Crippen LogP contribution in [0.5, 0.6) is 5.75 Å². The number of amides is 2. The number of carbonyl (C=O) groups excluding carboxylic acids is 2. The van der Waals surface area contributed by atoms with Crippen LogP contribution in [0.15, 0.2) is 24.3 Å². The molecule has 0 bridgehead atoms. The van der Waals surface area contributed by atoms with Crippen LogP contribution in [0.4, 0.5) is 4.79 Å². The Morgan fingerprint density at radius 3 is 2.26 bits per heavy atom. The minimum atomic E-state index is -1.04. The first-order chi connectivity index (χ1) is 16.1. The monoisotopic (exact) mass is 478 g/mol. The number of unbranched alkanes of at least 4 members (excludes halogenated alkanes) is 5. The Labute approximate surface area is 203 Å². The molecule has 1 atom stereocenters. The molecule has 34 heavy (non-hydrogen) atoms. The third-order valence-electron chi connectivity index (χ3n) is 5.01. The van der Waals surface area contributed by atoms with E-state index < -0.39 is 17.6 Å². The maximum absolute atomic E-state index is 12.0. The number of carboxylic acids is 1. The molecule has 0 aliphatic rings. The van der Waals surface area contributed by atoms with Crippen molar-refractivity contribution in [2.24, 2.45) is 0 Å². The molecule has 0 aromatic heterocycles. The van der Waals surface area contributed by atoms with Gasteiger partial charge in [0.15, 0.2) is 0 Å². The molecule has 1 aromatic carbocycles. The smallest absolute Gasteiger partial charge is 0.407 e. The summed E-state index contributed by atoms with van der Waals surface area (Å²) in [5, 5.41) is 14.8. The molecule has 0 unspecified atom stereocenters. The van der Waals surface area contributed by atoms with Crippen LogP contribution in [0.25, 0.3) is 0 Å². The SMILES string of the molecule is CCCCCC(=O)N[C@@H](Cc1ccc(OCCCCCCNC(=O)OC(C)(C)C)cc1)C(=O)O. The Morgan fingerprint density at radius 2 is 1.65 bits per heavy atom. The second kappa shape index (κ2) is 16.0. The van der Waals surface area contributed by atoms with Gasteiger partial charge in [-0.05, 0) is 57.7 Å². The fourth-order valence-electron chi connectivity index (χ4n) is 3.23. The highest BCUT2D eigenvalue weighted by atomic mass is 16.6. The first kappa shape index (κ1) is 29.3.